The van der Waals surface area contributed by atoms with Crippen molar-refractivity contribution in [3.8, 4) is 0 Å². The Bertz CT molecular complexity index is 790. The first-order valence-corrected chi connectivity index (χ1v) is 8.69. The highest BCUT2D eigenvalue weighted by Gasteiger charge is 2.18. The number of carbonyl (C=O) groups excluding carboxylic acids is 1. The Morgan fingerprint density at radius 3 is 2.42 bits per heavy atom. The second-order valence-electron chi connectivity index (χ2n) is 6.29. The maximum atomic E-state index is 12.3. The van der Waals surface area contributed by atoms with Crippen LogP contribution in [0.4, 0.5) is 0 Å². The molecule has 1 heterocycles. The Kier molecular flexibility index (Phi) is 6.11. The molecule has 0 radical (unpaired) electrons. The van der Waals surface area contributed by atoms with Gasteiger partial charge in [0, 0.05) is 19.0 Å². The molecule has 2 unspecified atom stereocenters. The van der Waals surface area contributed by atoms with Crippen molar-refractivity contribution in [2.75, 3.05) is 6.54 Å². The zero-order valence-corrected chi connectivity index (χ0v) is 14.5. The van der Waals surface area contributed by atoms with Gasteiger partial charge in [0.05, 0.1) is 5.92 Å². The normalized spacial score (nSPS) is 13.1. The maximum Gasteiger partial charge on any atom is 0.221 e. The summed E-state index contributed by atoms with van der Waals surface area (Å²) in [6.07, 6.45) is 2.44. The van der Waals surface area contributed by atoms with Crippen molar-refractivity contribution in [2.45, 2.75) is 24.8 Å². The van der Waals surface area contributed by atoms with E-state index in [2.05, 4.69) is 20.5 Å². The maximum absolute atomic E-state index is 12.3. The van der Waals surface area contributed by atoms with E-state index in [-0.39, 0.29) is 24.3 Å². The Morgan fingerprint density at radius 2 is 1.77 bits per heavy atom. The number of benzene rings is 2. The molecule has 2 aromatic carbocycles. The number of aromatic nitrogens is 3. The van der Waals surface area contributed by atoms with E-state index < -0.39 is 0 Å². The summed E-state index contributed by atoms with van der Waals surface area (Å²) in [4.78, 5) is 16.6. The molecule has 26 heavy (non-hydrogen) atoms. The second kappa shape index (κ2) is 8.92. The number of nitrogens with zero attached hydrogens (tertiary/aromatic N) is 2. The van der Waals surface area contributed by atoms with Crippen LogP contribution in [0.2, 0.25) is 0 Å². The molecule has 0 saturated heterocycles. The summed E-state index contributed by atoms with van der Waals surface area (Å²) in [5, 5.41) is 9.80. The number of hydrogen-bond donors (Lipinski definition) is 3. The van der Waals surface area contributed by atoms with Crippen molar-refractivity contribution in [1.29, 1.82) is 0 Å². The number of carbonyl (C=O) groups is 1. The van der Waals surface area contributed by atoms with Crippen LogP contribution >= 0.6 is 0 Å². The van der Waals surface area contributed by atoms with Gasteiger partial charge in [-0.05, 0) is 17.5 Å². The summed E-state index contributed by atoms with van der Waals surface area (Å²) in [5.74, 6) is 0.590. The lowest BCUT2D eigenvalue weighted by Crippen LogP contribution is -2.35. The van der Waals surface area contributed by atoms with Gasteiger partial charge in [-0.1, -0.05) is 60.7 Å². The molecule has 4 N–H and O–H groups in total. The molecule has 6 nitrogen and oxygen atoms in total. The van der Waals surface area contributed by atoms with Gasteiger partial charge in [0.15, 0.2) is 0 Å². The molecule has 134 valence electrons. The van der Waals surface area contributed by atoms with Crippen LogP contribution < -0.4 is 11.1 Å². The fourth-order valence-electron chi connectivity index (χ4n) is 2.96. The molecule has 3 rings (SSSR count). The van der Waals surface area contributed by atoms with Gasteiger partial charge in [-0.25, -0.2) is 4.98 Å². The number of rotatable bonds is 8. The van der Waals surface area contributed by atoms with Gasteiger partial charge in [0.1, 0.15) is 12.2 Å². The van der Waals surface area contributed by atoms with Crippen LogP contribution in [0.3, 0.4) is 0 Å². The lowest BCUT2D eigenvalue weighted by molar-refractivity contribution is -0.121. The van der Waals surface area contributed by atoms with Gasteiger partial charge in [-0.3, -0.25) is 9.89 Å². The summed E-state index contributed by atoms with van der Waals surface area (Å²) in [5.41, 5.74) is 8.33. The summed E-state index contributed by atoms with van der Waals surface area (Å²) >= 11 is 0. The highest BCUT2D eigenvalue weighted by atomic mass is 16.1. The van der Waals surface area contributed by atoms with E-state index >= 15 is 0 Å². The van der Waals surface area contributed by atoms with Crippen molar-refractivity contribution in [2.24, 2.45) is 5.73 Å². The van der Waals surface area contributed by atoms with E-state index in [9.17, 15) is 4.79 Å². The summed E-state index contributed by atoms with van der Waals surface area (Å²) in [6.45, 7) is 0.441. The number of hydrogen-bond acceptors (Lipinski definition) is 4. The quantitative estimate of drug-likeness (QED) is 0.579. The number of nitrogens with two attached hydrogens (primary N) is 1. The van der Waals surface area contributed by atoms with Crippen LogP contribution in [0.15, 0.2) is 67.0 Å². The third kappa shape index (κ3) is 5.00. The fourth-order valence-corrected chi connectivity index (χ4v) is 2.96. The highest BCUT2D eigenvalue weighted by molar-refractivity contribution is 5.76. The largest absolute Gasteiger partial charge is 0.355 e. The fraction of sp³-hybridized carbons (Fsp3) is 0.250. The highest BCUT2D eigenvalue weighted by Crippen LogP contribution is 2.20. The molecule has 0 aliphatic rings. The molecular formula is C20H23N5O. The summed E-state index contributed by atoms with van der Waals surface area (Å²) < 4.78 is 0. The van der Waals surface area contributed by atoms with Crippen molar-refractivity contribution in [3.05, 3.63) is 83.9 Å². The van der Waals surface area contributed by atoms with Gasteiger partial charge < -0.3 is 11.1 Å². The summed E-state index contributed by atoms with van der Waals surface area (Å²) in [6, 6.07) is 19.7. The molecule has 0 fully saturated rings. The van der Waals surface area contributed by atoms with Gasteiger partial charge >= 0.3 is 0 Å². The number of nitrogens with one attached hydrogen (secondary N) is 2. The average molecular weight is 349 g/mol. The molecule has 0 aliphatic carbocycles. The monoisotopic (exact) mass is 349 g/mol. The minimum atomic E-state index is -0.210. The lowest BCUT2D eigenvalue weighted by Gasteiger charge is -2.17. The Labute approximate surface area is 152 Å². The van der Waals surface area contributed by atoms with Crippen LogP contribution in [-0.2, 0) is 11.2 Å². The van der Waals surface area contributed by atoms with E-state index in [0.717, 1.165) is 17.0 Å². The first-order chi connectivity index (χ1) is 12.7. The molecule has 0 bridgehead atoms. The second-order valence-corrected chi connectivity index (χ2v) is 6.29. The van der Waals surface area contributed by atoms with E-state index in [1.807, 2.05) is 60.7 Å². The number of amides is 1. The SMILES string of the molecule is NC(CC(=O)NCC(c1ccccc1)c1ncn[nH]1)Cc1ccccc1. The molecule has 0 spiro atoms. The van der Waals surface area contributed by atoms with Crippen LogP contribution in [0, 0.1) is 0 Å². The Morgan fingerprint density at radius 1 is 1.08 bits per heavy atom. The van der Waals surface area contributed by atoms with Crippen molar-refractivity contribution >= 4 is 5.91 Å². The number of aromatic amines is 1. The molecule has 6 heteroatoms. The van der Waals surface area contributed by atoms with Crippen molar-refractivity contribution in [1.82, 2.24) is 20.5 Å². The van der Waals surface area contributed by atoms with Gasteiger partial charge in [-0.2, -0.15) is 5.10 Å². The summed E-state index contributed by atoms with van der Waals surface area (Å²) in [7, 11) is 0. The molecule has 1 aromatic heterocycles. The van der Waals surface area contributed by atoms with Crippen LogP contribution in [0.25, 0.3) is 0 Å². The first-order valence-electron chi connectivity index (χ1n) is 8.69. The van der Waals surface area contributed by atoms with E-state index in [0.29, 0.717) is 13.0 Å². The zero-order valence-electron chi connectivity index (χ0n) is 14.5. The molecule has 3 aromatic rings. The Hall–Kier alpha value is -2.99. The van der Waals surface area contributed by atoms with Gasteiger partial charge in [0.25, 0.3) is 0 Å². The topological polar surface area (TPSA) is 96.7 Å². The zero-order chi connectivity index (χ0) is 18.2. The Balaban J connectivity index is 1.56. The standard InChI is InChI=1S/C20H23N5O/c21-17(11-15-7-3-1-4-8-15)12-19(26)22-13-18(20-23-14-24-25-20)16-9-5-2-6-10-16/h1-10,14,17-18H,11-13,21H2,(H,22,26)(H,23,24,25). The van der Waals surface area contributed by atoms with E-state index in [1.54, 1.807) is 0 Å². The van der Waals surface area contributed by atoms with Gasteiger partial charge in [0.2, 0.25) is 5.91 Å². The molecular weight excluding hydrogens is 326 g/mol. The molecule has 0 aliphatic heterocycles. The van der Waals surface area contributed by atoms with Crippen LogP contribution in [0.1, 0.15) is 29.3 Å². The minimum absolute atomic E-state index is 0.0612. The molecule has 0 saturated carbocycles. The van der Waals surface area contributed by atoms with Crippen LogP contribution in [0.5, 0.6) is 0 Å². The smallest absolute Gasteiger partial charge is 0.221 e. The molecule has 1 amide bonds. The third-order valence-corrected chi connectivity index (χ3v) is 4.26. The number of H-pyrrole nitrogens is 1. The third-order valence-electron chi connectivity index (χ3n) is 4.26. The van der Waals surface area contributed by atoms with E-state index in [4.69, 9.17) is 5.73 Å². The van der Waals surface area contributed by atoms with Crippen molar-refractivity contribution < 1.29 is 4.79 Å². The minimum Gasteiger partial charge on any atom is -0.355 e. The average Bonchev–Trinajstić information content (AvgIpc) is 3.18. The van der Waals surface area contributed by atoms with Gasteiger partial charge in [-0.15, -0.1) is 0 Å². The lowest BCUT2D eigenvalue weighted by atomic mass is 9.98. The van der Waals surface area contributed by atoms with Crippen LogP contribution in [-0.4, -0.2) is 33.7 Å². The molecule has 2 atom stereocenters. The predicted molar refractivity (Wildman–Crippen MR) is 100 cm³/mol. The van der Waals surface area contributed by atoms with E-state index in [1.165, 1.54) is 6.33 Å². The first kappa shape index (κ1) is 17.8. The van der Waals surface area contributed by atoms with Crippen molar-refractivity contribution in [3.63, 3.8) is 0 Å². The predicted octanol–water partition coefficient (Wildman–Crippen LogP) is 2.01.